The predicted molar refractivity (Wildman–Crippen MR) is 43.7 cm³/mol. The zero-order valence-corrected chi connectivity index (χ0v) is 6.79. The summed E-state index contributed by atoms with van der Waals surface area (Å²) in [6, 6.07) is 1.85. The standard InChI is InChI=1S/C9H11NO/c1-3-9-8(6-11)7(2)4-5-10-9/h4-6H,3H2,1-2H3. The molecule has 1 aromatic rings. The van der Waals surface area contributed by atoms with Crippen LogP contribution in [0.25, 0.3) is 0 Å². The summed E-state index contributed by atoms with van der Waals surface area (Å²) >= 11 is 0. The van der Waals surface area contributed by atoms with Gasteiger partial charge in [-0.15, -0.1) is 0 Å². The van der Waals surface area contributed by atoms with Crippen LogP contribution in [-0.4, -0.2) is 11.3 Å². The van der Waals surface area contributed by atoms with Crippen molar-refractivity contribution in [3.63, 3.8) is 0 Å². The van der Waals surface area contributed by atoms with E-state index in [1.807, 2.05) is 19.9 Å². The van der Waals surface area contributed by atoms with E-state index < -0.39 is 0 Å². The van der Waals surface area contributed by atoms with Crippen molar-refractivity contribution in [1.82, 2.24) is 4.98 Å². The third kappa shape index (κ3) is 1.45. The molecule has 1 aromatic heterocycles. The molecule has 0 aliphatic carbocycles. The van der Waals surface area contributed by atoms with Gasteiger partial charge in [0.15, 0.2) is 6.29 Å². The summed E-state index contributed by atoms with van der Waals surface area (Å²) in [5, 5.41) is 0. The normalized spacial score (nSPS) is 9.64. The molecule has 0 amide bonds. The monoisotopic (exact) mass is 149 g/mol. The zero-order valence-electron chi connectivity index (χ0n) is 6.79. The van der Waals surface area contributed by atoms with Crippen LogP contribution in [0.5, 0.6) is 0 Å². The number of aldehydes is 1. The van der Waals surface area contributed by atoms with Crippen molar-refractivity contribution in [3.05, 3.63) is 29.1 Å². The lowest BCUT2D eigenvalue weighted by atomic mass is 10.1. The van der Waals surface area contributed by atoms with Gasteiger partial charge in [0.05, 0.1) is 5.69 Å². The molecule has 0 bridgehead atoms. The van der Waals surface area contributed by atoms with E-state index in [0.717, 1.165) is 29.5 Å². The maximum absolute atomic E-state index is 10.6. The number of nitrogens with zero attached hydrogens (tertiary/aromatic N) is 1. The molecule has 0 spiro atoms. The van der Waals surface area contributed by atoms with E-state index in [-0.39, 0.29) is 0 Å². The Balaban J connectivity index is 3.24. The van der Waals surface area contributed by atoms with Crippen molar-refractivity contribution < 1.29 is 4.79 Å². The van der Waals surface area contributed by atoms with Crippen molar-refractivity contribution in [3.8, 4) is 0 Å². The van der Waals surface area contributed by atoms with Crippen LogP contribution in [0.2, 0.25) is 0 Å². The van der Waals surface area contributed by atoms with Crippen LogP contribution in [0.15, 0.2) is 12.3 Å². The number of carbonyl (C=O) groups is 1. The molecular formula is C9H11NO. The van der Waals surface area contributed by atoms with E-state index >= 15 is 0 Å². The highest BCUT2D eigenvalue weighted by Gasteiger charge is 2.02. The van der Waals surface area contributed by atoms with Gasteiger partial charge in [-0.1, -0.05) is 6.92 Å². The van der Waals surface area contributed by atoms with Crippen LogP contribution in [-0.2, 0) is 6.42 Å². The molecule has 0 aliphatic rings. The Morgan fingerprint density at radius 1 is 1.64 bits per heavy atom. The van der Waals surface area contributed by atoms with Crippen LogP contribution in [0.3, 0.4) is 0 Å². The minimum atomic E-state index is 0.745. The molecule has 11 heavy (non-hydrogen) atoms. The number of aryl methyl sites for hydroxylation is 2. The number of pyridine rings is 1. The molecule has 0 saturated heterocycles. The van der Waals surface area contributed by atoms with Gasteiger partial charge in [0, 0.05) is 11.8 Å². The van der Waals surface area contributed by atoms with E-state index in [2.05, 4.69) is 4.98 Å². The van der Waals surface area contributed by atoms with Gasteiger partial charge in [-0.25, -0.2) is 0 Å². The Morgan fingerprint density at radius 2 is 2.36 bits per heavy atom. The van der Waals surface area contributed by atoms with E-state index in [0.29, 0.717) is 0 Å². The maximum Gasteiger partial charge on any atom is 0.152 e. The SMILES string of the molecule is CCc1nccc(C)c1C=O. The van der Waals surface area contributed by atoms with Crippen LogP contribution in [0.1, 0.15) is 28.5 Å². The highest BCUT2D eigenvalue weighted by molar-refractivity contribution is 5.78. The molecule has 0 fully saturated rings. The molecule has 0 saturated carbocycles. The molecule has 0 N–H and O–H groups in total. The van der Waals surface area contributed by atoms with Gasteiger partial charge in [-0.2, -0.15) is 0 Å². The topological polar surface area (TPSA) is 30.0 Å². The fraction of sp³-hybridized carbons (Fsp3) is 0.333. The minimum absolute atomic E-state index is 0.745. The van der Waals surface area contributed by atoms with E-state index in [1.165, 1.54) is 0 Å². The minimum Gasteiger partial charge on any atom is -0.298 e. The predicted octanol–water partition coefficient (Wildman–Crippen LogP) is 1.76. The summed E-state index contributed by atoms with van der Waals surface area (Å²) in [6.07, 6.45) is 3.43. The van der Waals surface area contributed by atoms with Gasteiger partial charge in [-0.3, -0.25) is 9.78 Å². The highest BCUT2D eigenvalue weighted by Crippen LogP contribution is 2.08. The summed E-state index contributed by atoms with van der Waals surface area (Å²) in [4.78, 5) is 14.7. The van der Waals surface area contributed by atoms with Crippen LogP contribution < -0.4 is 0 Å². The van der Waals surface area contributed by atoms with Gasteiger partial charge in [0.25, 0.3) is 0 Å². The molecule has 1 heterocycles. The van der Waals surface area contributed by atoms with Crippen LogP contribution in [0, 0.1) is 6.92 Å². The van der Waals surface area contributed by atoms with Crippen molar-refractivity contribution in [1.29, 1.82) is 0 Å². The molecule has 2 nitrogen and oxygen atoms in total. The maximum atomic E-state index is 10.6. The summed E-state index contributed by atoms with van der Waals surface area (Å²) < 4.78 is 0. The molecule has 0 aliphatic heterocycles. The summed E-state index contributed by atoms with van der Waals surface area (Å²) in [5.41, 5.74) is 2.64. The fourth-order valence-electron chi connectivity index (χ4n) is 1.07. The summed E-state index contributed by atoms with van der Waals surface area (Å²) in [6.45, 7) is 3.92. The second-order valence-electron chi connectivity index (χ2n) is 2.46. The fourth-order valence-corrected chi connectivity index (χ4v) is 1.07. The van der Waals surface area contributed by atoms with Crippen LogP contribution in [0.4, 0.5) is 0 Å². The third-order valence-corrected chi connectivity index (χ3v) is 1.74. The lowest BCUT2D eigenvalue weighted by molar-refractivity contribution is 0.112. The van der Waals surface area contributed by atoms with Gasteiger partial charge < -0.3 is 0 Å². The van der Waals surface area contributed by atoms with E-state index in [9.17, 15) is 4.79 Å². The third-order valence-electron chi connectivity index (χ3n) is 1.74. The average Bonchev–Trinajstić information content (AvgIpc) is 2.04. The molecule has 0 aromatic carbocycles. The zero-order chi connectivity index (χ0) is 8.27. The number of aromatic nitrogens is 1. The number of hydrogen-bond donors (Lipinski definition) is 0. The van der Waals surface area contributed by atoms with Gasteiger partial charge in [-0.05, 0) is 25.0 Å². The Hall–Kier alpha value is -1.18. The first-order valence-electron chi connectivity index (χ1n) is 3.69. The Bertz CT molecular complexity index is 268. The second-order valence-corrected chi connectivity index (χ2v) is 2.46. The molecule has 0 unspecified atom stereocenters. The van der Waals surface area contributed by atoms with Crippen molar-refractivity contribution >= 4 is 6.29 Å². The summed E-state index contributed by atoms with van der Waals surface area (Å²) in [5.74, 6) is 0. The molecule has 1 rings (SSSR count). The van der Waals surface area contributed by atoms with Crippen molar-refractivity contribution in [2.75, 3.05) is 0 Å². The van der Waals surface area contributed by atoms with E-state index in [1.54, 1.807) is 6.20 Å². The first-order valence-corrected chi connectivity index (χ1v) is 3.69. The molecular weight excluding hydrogens is 138 g/mol. The first-order chi connectivity index (χ1) is 5.29. The molecule has 2 heteroatoms. The molecule has 0 radical (unpaired) electrons. The number of hydrogen-bond acceptors (Lipinski definition) is 2. The average molecular weight is 149 g/mol. The van der Waals surface area contributed by atoms with Crippen molar-refractivity contribution in [2.45, 2.75) is 20.3 Å². The number of carbonyl (C=O) groups excluding carboxylic acids is 1. The Labute approximate surface area is 66.3 Å². The Kier molecular flexibility index (Phi) is 2.36. The quantitative estimate of drug-likeness (QED) is 0.600. The molecule has 58 valence electrons. The second kappa shape index (κ2) is 3.28. The summed E-state index contributed by atoms with van der Waals surface area (Å²) in [7, 11) is 0. The largest absolute Gasteiger partial charge is 0.298 e. The smallest absolute Gasteiger partial charge is 0.152 e. The van der Waals surface area contributed by atoms with E-state index in [4.69, 9.17) is 0 Å². The highest BCUT2D eigenvalue weighted by atomic mass is 16.1. The first kappa shape index (κ1) is 7.92. The van der Waals surface area contributed by atoms with Gasteiger partial charge in [0.2, 0.25) is 0 Å². The van der Waals surface area contributed by atoms with Crippen molar-refractivity contribution in [2.24, 2.45) is 0 Å². The number of rotatable bonds is 2. The lowest BCUT2D eigenvalue weighted by Crippen LogP contribution is -1.97. The van der Waals surface area contributed by atoms with Gasteiger partial charge >= 0.3 is 0 Å². The molecule has 0 atom stereocenters. The van der Waals surface area contributed by atoms with Crippen LogP contribution >= 0.6 is 0 Å². The lowest BCUT2D eigenvalue weighted by Gasteiger charge is -2.01. The van der Waals surface area contributed by atoms with Gasteiger partial charge in [0.1, 0.15) is 0 Å². The Morgan fingerprint density at radius 3 is 2.82 bits per heavy atom.